The third kappa shape index (κ3) is 5.37. The zero-order chi connectivity index (χ0) is 15.9. The molecule has 1 aromatic heterocycles. The molecule has 0 unspecified atom stereocenters. The number of anilines is 1. The summed E-state index contributed by atoms with van der Waals surface area (Å²) in [5, 5.41) is 6.69. The molecule has 4 nitrogen and oxygen atoms in total. The van der Waals surface area contributed by atoms with Gasteiger partial charge in [0.25, 0.3) is 0 Å². The third-order valence-corrected chi connectivity index (χ3v) is 3.28. The summed E-state index contributed by atoms with van der Waals surface area (Å²) in [4.78, 5) is 15.7. The molecule has 2 N–H and O–H groups in total. The SMILES string of the molecule is CC(C)NC(=O)Cc1ccc(NCc2ccc(Cl)nc2)cc1. The Labute approximate surface area is 135 Å². The molecule has 5 heteroatoms. The molecule has 0 saturated heterocycles. The van der Waals surface area contributed by atoms with Crippen LogP contribution in [-0.4, -0.2) is 16.9 Å². The summed E-state index contributed by atoms with van der Waals surface area (Å²) in [5.74, 6) is 0.0444. The number of amides is 1. The van der Waals surface area contributed by atoms with Gasteiger partial charge in [-0.1, -0.05) is 29.8 Å². The van der Waals surface area contributed by atoms with Crippen LogP contribution in [0.3, 0.4) is 0 Å². The number of hydrogen-bond donors (Lipinski definition) is 2. The Kier molecular flexibility index (Phi) is 5.78. The normalized spacial score (nSPS) is 10.5. The van der Waals surface area contributed by atoms with E-state index in [4.69, 9.17) is 11.6 Å². The Hall–Kier alpha value is -2.07. The lowest BCUT2D eigenvalue weighted by atomic mass is 10.1. The van der Waals surface area contributed by atoms with Crippen LogP contribution >= 0.6 is 11.6 Å². The van der Waals surface area contributed by atoms with Gasteiger partial charge in [-0.2, -0.15) is 0 Å². The Bertz CT molecular complexity index is 609. The lowest BCUT2D eigenvalue weighted by Gasteiger charge is -2.09. The molecular weight excluding hydrogens is 298 g/mol. The summed E-state index contributed by atoms with van der Waals surface area (Å²) in [7, 11) is 0. The minimum atomic E-state index is 0.0444. The van der Waals surface area contributed by atoms with E-state index in [1.54, 1.807) is 12.3 Å². The van der Waals surface area contributed by atoms with Crippen molar-refractivity contribution in [3.8, 4) is 0 Å². The standard InChI is InChI=1S/C17H20ClN3O/c1-12(2)21-17(22)9-13-3-6-15(7-4-13)19-10-14-5-8-16(18)20-11-14/h3-8,11-12,19H,9-10H2,1-2H3,(H,21,22). The maximum Gasteiger partial charge on any atom is 0.224 e. The van der Waals surface area contributed by atoms with Crippen molar-refractivity contribution in [2.45, 2.75) is 32.9 Å². The van der Waals surface area contributed by atoms with Crippen LogP contribution in [0.2, 0.25) is 5.15 Å². The summed E-state index contributed by atoms with van der Waals surface area (Å²) >= 11 is 5.75. The highest BCUT2D eigenvalue weighted by Crippen LogP contribution is 2.12. The first-order valence-electron chi connectivity index (χ1n) is 7.25. The number of nitrogens with zero attached hydrogens (tertiary/aromatic N) is 1. The summed E-state index contributed by atoms with van der Waals surface area (Å²) in [5.41, 5.74) is 3.06. The highest BCUT2D eigenvalue weighted by molar-refractivity contribution is 6.29. The number of carbonyl (C=O) groups is 1. The molecule has 2 aromatic rings. The summed E-state index contributed by atoms with van der Waals surface area (Å²) in [6, 6.07) is 11.7. The Morgan fingerprint density at radius 1 is 1.14 bits per heavy atom. The summed E-state index contributed by atoms with van der Waals surface area (Å²) < 4.78 is 0. The third-order valence-electron chi connectivity index (χ3n) is 3.05. The molecule has 1 amide bonds. The van der Waals surface area contributed by atoms with Crippen LogP contribution in [0.25, 0.3) is 0 Å². The predicted molar refractivity (Wildman–Crippen MR) is 90.0 cm³/mol. The van der Waals surface area contributed by atoms with E-state index in [9.17, 15) is 4.79 Å². The first kappa shape index (κ1) is 16.3. The molecular formula is C17H20ClN3O. The second kappa shape index (κ2) is 7.80. The van der Waals surface area contributed by atoms with Gasteiger partial charge in [-0.05, 0) is 43.2 Å². The van der Waals surface area contributed by atoms with Gasteiger partial charge in [0.1, 0.15) is 5.15 Å². The van der Waals surface area contributed by atoms with Crippen molar-refractivity contribution >= 4 is 23.2 Å². The molecule has 1 heterocycles. The first-order valence-corrected chi connectivity index (χ1v) is 7.63. The Morgan fingerprint density at radius 2 is 1.82 bits per heavy atom. The van der Waals surface area contributed by atoms with E-state index in [-0.39, 0.29) is 11.9 Å². The van der Waals surface area contributed by atoms with Crippen molar-refractivity contribution in [3.05, 3.63) is 58.9 Å². The van der Waals surface area contributed by atoms with Crippen molar-refractivity contribution in [2.24, 2.45) is 0 Å². The van der Waals surface area contributed by atoms with E-state index in [0.29, 0.717) is 18.1 Å². The van der Waals surface area contributed by atoms with Gasteiger partial charge in [-0.25, -0.2) is 4.98 Å². The quantitative estimate of drug-likeness (QED) is 0.803. The number of halogens is 1. The lowest BCUT2D eigenvalue weighted by molar-refractivity contribution is -0.120. The molecule has 1 aromatic carbocycles. The number of pyridine rings is 1. The fraction of sp³-hybridized carbons (Fsp3) is 0.294. The summed E-state index contributed by atoms with van der Waals surface area (Å²) in [6.45, 7) is 4.59. The van der Waals surface area contributed by atoms with Crippen LogP contribution in [-0.2, 0) is 17.8 Å². The fourth-order valence-electron chi connectivity index (χ4n) is 2.01. The Balaban J connectivity index is 1.86. The van der Waals surface area contributed by atoms with E-state index in [1.165, 1.54) is 0 Å². The van der Waals surface area contributed by atoms with Crippen molar-refractivity contribution in [1.82, 2.24) is 10.3 Å². The monoisotopic (exact) mass is 317 g/mol. The predicted octanol–water partition coefficient (Wildman–Crippen LogP) is 3.41. The molecule has 0 aliphatic carbocycles. The van der Waals surface area contributed by atoms with E-state index < -0.39 is 0 Å². The molecule has 0 bridgehead atoms. The van der Waals surface area contributed by atoms with Crippen LogP contribution < -0.4 is 10.6 Å². The second-order valence-corrected chi connectivity index (χ2v) is 5.83. The van der Waals surface area contributed by atoms with Crippen molar-refractivity contribution in [2.75, 3.05) is 5.32 Å². The topological polar surface area (TPSA) is 54.0 Å². The molecule has 0 aliphatic rings. The van der Waals surface area contributed by atoms with Gasteiger partial charge in [-0.15, -0.1) is 0 Å². The largest absolute Gasteiger partial charge is 0.381 e. The number of carbonyl (C=O) groups excluding carboxylic acids is 1. The smallest absolute Gasteiger partial charge is 0.224 e. The highest BCUT2D eigenvalue weighted by Gasteiger charge is 2.04. The lowest BCUT2D eigenvalue weighted by Crippen LogP contribution is -2.31. The molecule has 0 saturated carbocycles. The van der Waals surface area contributed by atoms with Crippen molar-refractivity contribution in [3.63, 3.8) is 0 Å². The van der Waals surface area contributed by atoms with Gasteiger partial charge in [0.15, 0.2) is 0 Å². The molecule has 0 spiro atoms. The molecule has 0 radical (unpaired) electrons. The molecule has 2 rings (SSSR count). The Morgan fingerprint density at radius 3 is 2.41 bits per heavy atom. The zero-order valence-electron chi connectivity index (χ0n) is 12.8. The number of benzene rings is 1. The maximum absolute atomic E-state index is 11.7. The molecule has 0 atom stereocenters. The first-order chi connectivity index (χ1) is 10.5. The van der Waals surface area contributed by atoms with Gasteiger partial charge in [0.2, 0.25) is 5.91 Å². The van der Waals surface area contributed by atoms with E-state index >= 15 is 0 Å². The molecule has 0 aliphatic heterocycles. The van der Waals surface area contributed by atoms with Gasteiger partial charge in [0, 0.05) is 24.5 Å². The van der Waals surface area contributed by atoms with E-state index in [1.807, 2.05) is 44.2 Å². The average Bonchev–Trinajstić information content (AvgIpc) is 2.47. The van der Waals surface area contributed by atoms with Gasteiger partial charge >= 0.3 is 0 Å². The minimum Gasteiger partial charge on any atom is -0.381 e. The van der Waals surface area contributed by atoms with Crippen LogP contribution in [0.4, 0.5) is 5.69 Å². The highest BCUT2D eigenvalue weighted by atomic mass is 35.5. The van der Waals surface area contributed by atoms with Crippen LogP contribution in [0.5, 0.6) is 0 Å². The van der Waals surface area contributed by atoms with E-state index in [2.05, 4.69) is 15.6 Å². The average molecular weight is 318 g/mol. The van der Waals surface area contributed by atoms with Gasteiger partial charge < -0.3 is 10.6 Å². The molecule has 0 fully saturated rings. The minimum absolute atomic E-state index is 0.0444. The second-order valence-electron chi connectivity index (χ2n) is 5.44. The molecule has 116 valence electrons. The van der Waals surface area contributed by atoms with Gasteiger partial charge in [0.05, 0.1) is 6.42 Å². The van der Waals surface area contributed by atoms with Crippen LogP contribution in [0.1, 0.15) is 25.0 Å². The number of rotatable bonds is 6. The molecule has 22 heavy (non-hydrogen) atoms. The zero-order valence-corrected chi connectivity index (χ0v) is 13.5. The fourth-order valence-corrected chi connectivity index (χ4v) is 2.13. The number of hydrogen-bond acceptors (Lipinski definition) is 3. The number of nitrogens with one attached hydrogen (secondary N) is 2. The van der Waals surface area contributed by atoms with E-state index in [0.717, 1.165) is 16.8 Å². The van der Waals surface area contributed by atoms with Crippen LogP contribution in [0.15, 0.2) is 42.6 Å². The summed E-state index contributed by atoms with van der Waals surface area (Å²) in [6.07, 6.45) is 2.15. The van der Waals surface area contributed by atoms with Crippen molar-refractivity contribution in [1.29, 1.82) is 0 Å². The van der Waals surface area contributed by atoms with Crippen LogP contribution in [0, 0.1) is 0 Å². The maximum atomic E-state index is 11.7. The van der Waals surface area contributed by atoms with Crippen molar-refractivity contribution < 1.29 is 4.79 Å². The number of aromatic nitrogens is 1. The van der Waals surface area contributed by atoms with Gasteiger partial charge in [-0.3, -0.25) is 4.79 Å².